The Bertz CT molecular complexity index is 1150. The summed E-state index contributed by atoms with van der Waals surface area (Å²) in [6, 6.07) is 3.71. The van der Waals surface area contributed by atoms with Gasteiger partial charge in [-0.05, 0) is 29.5 Å². The molecular weight excluding hydrogens is 459 g/mol. The summed E-state index contributed by atoms with van der Waals surface area (Å²) < 4.78 is 24.8. The van der Waals surface area contributed by atoms with Gasteiger partial charge in [-0.25, -0.2) is 15.0 Å². The first-order valence-corrected chi connectivity index (χ1v) is 12.4. The highest BCUT2D eigenvalue weighted by atomic mass is 32.5. The standard InChI is InChI=1S/C18H21N6O6PS/c19-16-13-17(22-8-21-16)24(9-23-13)18-15(26)14(25)12(29-18)7-28-31(32)27-6-3-11(30-31)10-1-4-20-5-2-10/h1-2,4-5,8-9,11-12,14-15,18,25-26H,3,6-7H2,(H2,19,21,22)/t11?,12-,14+,15+,18-,31?/m1/s1. The molecule has 0 radical (unpaired) electrons. The van der Waals surface area contributed by atoms with E-state index < -0.39 is 31.3 Å². The molecule has 0 amide bonds. The van der Waals surface area contributed by atoms with Crippen LogP contribution in [0.25, 0.3) is 11.2 Å². The normalized spacial score (nSPS) is 33.0. The molecule has 0 aliphatic carbocycles. The summed E-state index contributed by atoms with van der Waals surface area (Å²) in [5, 5.41) is 21.1. The topological polar surface area (TPSA) is 160 Å². The predicted molar refractivity (Wildman–Crippen MR) is 115 cm³/mol. The third-order valence-corrected chi connectivity index (χ3v) is 7.73. The van der Waals surface area contributed by atoms with E-state index in [1.165, 1.54) is 17.2 Å². The van der Waals surface area contributed by atoms with E-state index in [1.807, 2.05) is 12.1 Å². The summed E-state index contributed by atoms with van der Waals surface area (Å²) in [4.78, 5) is 16.2. The van der Waals surface area contributed by atoms with E-state index in [1.54, 1.807) is 12.4 Å². The fourth-order valence-corrected chi connectivity index (χ4v) is 5.81. The fraction of sp³-hybridized carbons (Fsp3) is 0.444. The van der Waals surface area contributed by atoms with Crippen molar-refractivity contribution in [3.63, 3.8) is 0 Å². The second kappa shape index (κ2) is 8.69. The molecule has 2 aliphatic rings. The number of aromatic nitrogens is 5. The van der Waals surface area contributed by atoms with Gasteiger partial charge in [-0.2, -0.15) is 0 Å². The van der Waals surface area contributed by atoms with Gasteiger partial charge in [0.2, 0.25) is 0 Å². The van der Waals surface area contributed by atoms with E-state index in [0.29, 0.717) is 24.2 Å². The van der Waals surface area contributed by atoms with Crippen molar-refractivity contribution in [2.45, 2.75) is 37.1 Å². The molecule has 2 aliphatic heterocycles. The van der Waals surface area contributed by atoms with E-state index in [2.05, 4.69) is 19.9 Å². The molecule has 4 N–H and O–H groups in total. The highest BCUT2D eigenvalue weighted by Gasteiger charge is 2.45. The van der Waals surface area contributed by atoms with Crippen LogP contribution in [0, 0.1) is 0 Å². The molecule has 12 nitrogen and oxygen atoms in total. The molecule has 0 bridgehead atoms. The highest BCUT2D eigenvalue weighted by molar-refractivity contribution is 8.07. The van der Waals surface area contributed by atoms with Crippen LogP contribution < -0.4 is 5.73 Å². The van der Waals surface area contributed by atoms with E-state index in [-0.39, 0.29) is 18.5 Å². The van der Waals surface area contributed by atoms with Gasteiger partial charge in [0.1, 0.15) is 30.2 Å². The first kappa shape index (κ1) is 21.7. The molecule has 0 saturated carbocycles. The summed E-state index contributed by atoms with van der Waals surface area (Å²) in [6.45, 7) is -2.82. The lowest BCUT2D eigenvalue weighted by atomic mass is 10.1. The van der Waals surface area contributed by atoms with Gasteiger partial charge < -0.3 is 34.3 Å². The zero-order chi connectivity index (χ0) is 22.3. The van der Waals surface area contributed by atoms with Gasteiger partial charge in [0.05, 0.1) is 25.6 Å². The molecule has 2 unspecified atom stereocenters. The molecule has 6 atom stereocenters. The first-order chi connectivity index (χ1) is 15.5. The Labute approximate surface area is 187 Å². The summed E-state index contributed by atoms with van der Waals surface area (Å²) >= 11 is 5.50. The summed E-state index contributed by atoms with van der Waals surface area (Å²) in [5.41, 5.74) is 7.50. The Hall–Kier alpha value is -2.09. The number of pyridine rings is 1. The van der Waals surface area contributed by atoms with Gasteiger partial charge in [0.25, 0.3) is 0 Å². The Morgan fingerprint density at radius 1 is 1.22 bits per heavy atom. The third kappa shape index (κ3) is 4.02. The van der Waals surface area contributed by atoms with Crippen LogP contribution in [0.5, 0.6) is 0 Å². The van der Waals surface area contributed by atoms with Crippen LogP contribution in [-0.4, -0.2) is 66.2 Å². The molecule has 3 aromatic rings. The van der Waals surface area contributed by atoms with Crippen LogP contribution in [-0.2, 0) is 30.1 Å². The number of hydrogen-bond donors (Lipinski definition) is 3. The van der Waals surface area contributed by atoms with Gasteiger partial charge in [0.15, 0.2) is 17.7 Å². The van der Waals surface area contributed by atoms with Gasteiger partial charge >= 0.3 is 6.72 Å². The minimum absolute atomic E-state index is 0.126. The number of nitrogen functional groups attached to an aromatic ring is 1. The van der Waals surface area contributed by atoms with Crippen molar-refractivity contribution >= 4 is 35.5 Å². The van der Waals surface area contributed by atoms with Crippen molar-refractivity contribution in [3.8, 4) is 0 Å². The van der Waals surface area contributed by atoms with Crippen LogP contribution in [0.3, 0.4) is 0 Å². The maximum absolute atomic E-state index is 10.6. The largest absolute Gasteiger partial charge is 0.387 e. The second-order valence-electron chi connectivity index (χ2n) is 7.37. The van der Waals surface area contributed by atoms with E-state index in [9.17, 15) is 10.2 Å². The number of ether oxygens (including phenoxy) is 1. The molecule has 170 valence electrons. The zero-order valence-corrected chi connectivity index (χ0v) is 18.4. The number of nitrogens with two attached hydrogens (primary N) is 1. The first-order valence-electron chi connectivity index (χ1n) is 9.87. The highest BCUT2D eigenvalue weighted by Crippen LogP contribution is 2.57. The number of hydrogen-bond acceptors (Lipinski definition) is 12. The molecule has 2 fully saturated rings. The van der Waals surface area contributed by atoms with Crippen molar-refractivity contribution in [1.29, 1.82) is 0 Å². The SMILES string of the molecule is Nc1ncnc2c1ncn2[C@@H]1O[C@H](COP2(=S)OCCC(c3ccncc3)O2)[C@H](O)[C@@H]1O. The Kier molecular flexibility index (Phi) is 5.90. The zero-order valence-electron chi connectivity index (χ0n) is 16.7. The van der Waals surface area contributed by atoms with Crippen LogP contribution in [0.1, 0.15) is 24.3 Å². The van der Waals surface area contributed by atoms with E-state index in [4.69, 9.17) is 35.8 Å². The molecule has 0 spiro atoms. The van der Waals surface area contributed by atoms with Crippen molar-refractivity contribution in [2.24, 2.45) is 0 Å². The molecule has 14 heteroatoms. The van der Waals surface area contributed by atoms with Crippen molar-refractivity contribution in [1.82, 2.24) is 24.5 Å². The summed E-state index contributed by atoms with van der Waals surface area (Å²) in [5.74, 6) is 0.204. The molecule has 0 aromatic carbocycles. The fourth-order valence-electron chi connectivity index (χ4n) is 3.70. The number of aliphatic hydroxyl groups is 2. The van der Waals surface area contributed by atoms with Crippen LogP contribution in [0.2, 0.25) is 0 Å². The van der Waals surface area contributed by atoms with Gasteiger partial charge in [-0.15, -0.1) is 0 Å². The number of rotatable bonds is 5. The Balaban J connectivity index is 1.28. The monoisotopic (exact) mass is 480 g/mol. The number of aliphatic hydroxyl groups excluding tert-OH is 2. The van der Waals surface area contributed by atoms with Gasteiger partial charge in [-0.3, -0.25) is 9.55 Å². The van der Waals surface area contributed by atoms with Gasteiger partial charge in [-0.1, -0.05) is 0 Å². The molecule has 2 saturated heterocycles. The van der Waals surface area contributed by atoms with Crippen LogP contribution in [0.4, 0.5) is 5.82 Å². The minimum atomic E-state index is -3.08. The smallest absolute Gasteiger partial charge is 0.327 e. The molecule has 5 heterocycles. The number of nitrogens with zero attached hydrogens (tertiary/aromatic N) is 5. The molecular formula is C18H21N6O6PS. The van der Waals surface area contributed by atoms with E-state index >= 15 is 0 Å². The number of anilines is 1. The van der Waals surface area contributed by atoms with Crippen LogP contribution in [0.15, 0.2) is 37.2 Å². The van der Waals surface area contributed by atoms with Crippen molar-refractivity contribution < 1.29 is 28.5 Å². The van der Waals surface area contributed by atoms with Crippen molar-refractivity contribution in [3.05, 3.63) is 42.7 Å². The maximum Gasteiger partial charge on any atom is 0.327 e. The lowest BCUT2D eigenvalue weighted by Crippen LogP contribution is -2.34. The van der Waals surface area contributed by atoms with E-state index in [0.717, 1.165) is 5.56 Å². The quantitative estimate of drug-likeness (QED) is 0.442. The van der Waals surface area contributed by atoms with Crippen LogP contribution >= 0.6 is 6.72 Å². The van der Waals surface area contributed by atoms with Crippen molar-refractivity contribution in [2.75, 3.05) is 18.9 Å². The lowest BCUT2D eigenvalue weighted by Gasteiger charge is -2.32. The predicted octanol–water partition coefficient (Wildman–Crippen LogP) is 0.842. The second-order valence-corrected chi connectivity index (χ2v) is 10.3. The summed E-state index contributed by atoms with van der Waals surface area (Å²) in [7, 11) is 0. The third-order valence-electron chi connectivity index (χ3n) is 5.36. The average molecular weight is 480 g/mol. The summed E-state index contributed by atoms with van der Waals surface area (Å²) in [6.07, 6.45) is 2.12. The number of imidazole rings is 1. The number of fused-ring (bicyclic) bond motifs is 1. The molecule has 5 rings (SSSR count). The molecule has 3 aromatic heterocycles. The Morgan fingerprint density at radius 2 is 2.03 bits per heavy atom. The van der Waals surface area contributed by atoms with Gasteiger partial charge in [0, 0.05) is 18.8 Å². The average Bonchev–Trinajstić information content (AvgIpc) is 3.35. The lowest BCUT2D eigenvalue weighted by molar-refractivity contribution is -0.0533. The Morgan fingerprint density at radius 3 is 2.84 bits per heavy atom. The molecule has 32 heavy (non-hydrogen) atoms. The minimum Gasteiger partial charge on any atom is -0.387 e. The maximum atomic E-state index is 10.6.